The van der Waals surface area contributed by atoms with Crippen molar-refractivity contribution in [2.45, 2.75) is 19.4 Å². The highest BCUT2D eigenvalue weighted by atomic mass is 32.1. The molecule has 0 radical (unpaired) electrons. The van der Waals surface area contributed by atoms with E-state index in [4.69, 9.17) is 0 Å². The Balaban J connectivity index is 1.43. The fourth-order valence-electron chi connectivity index (χ4n) is 2.78. The molecule has 3 aromatic heterocycles. The number of aromatic nitrogens is 4. The first-order chi connectivity index (χ1) is 11.2. The van der Waals surface area contributed by atoms with E-state index in [-0.39, 0.29) is 11.9 Å². The molecule has 0 unspecified atom stereocenters. The third kappa shape index (κ3) is 2.77. The first-order valence-corrected chi connectivity index (χ1v) is 8.35. The van der Waals surface area contributed by atoms with Crippen molar-refractivity contribution in [3.8, 4) is 0 Å². The normalized spacial score (nSPS) is 17.8. The molecule has 1 N–H and O–H groups in total. The predicted molar refractivity (Wildman–Crippen MR) is 87.9 cm³/mol. The van der Waals surface area contributed by atoms with Crippen molar-refractivity contribution in [3.63, 3.8) is 0 Å². The summed E-state index contributed by atoms with van der Waals surface area (Å²) in [6.07, 6.45) is 2.51. The van der Waals surface area contributed by atoms with Crippen molar-refractivity contribution < 1.29 is 4.79 Å². The number of anilines is 1. The van der Waals surface area contributed by atoms with Gasteiger partial charge in [0.2, 0.25) is 0 Å². The summed E-state index contributed by atoms with van der Waals surface area (Å²) in [6, 6.07) is 5.91. The van der Waals surface area contributed by atoms with Crippen LogP contribution in [0.25, 0.3) is 5.65 Å². The van der Waals surface area contributed by atoms with E-state index in [1.54, 1.807) is 10.8 Å². The standard InChI is InChI=1S/C15H16N6OS/c1-10-6-12(23-8-10)15(22)17-11-4-5-20(7-11)14-3-2-13-18-16-9-21(13)19-14/h2-3,6,8-9,11H,4-5,7H2,1H3,(H,17,22)/t11-/m0/s1. The number of aryl methyl sites for hydroxylation is 1. The van der Waals surface area contributed by atoms with E-state index in [9.17, 15) is 4.79 Å². The van der Waals surface area contributed by atoms with Crippen LogP contribution in [0.5, 0.6) is 0 Å². The molecule has 1 saturated heterocycles. The Hall–Kier alpha value is -2.48. The van der Waals surface area contributed by atoms with Gasteiger partial charge >= 0.3 is 0 Å². The van der Waals surface area contributed by atoms with Crippen LogP contribution in [-0.4, -0.2) is 44.8 Å². The number of carbonyl (C=O) groups is 1. The summed E-state index contributed by atoms with van der Waals surface area (Å²) < 4.78 is 1.66. The lowest BCUT2D eigenvalue weighted by Gasteiger charge is -2.17. The second-order valence-corrected chi connectivity index (χ2v) is 6.63. The lowest BCUT2D eigenvalue weighted by Crippen LogP contribution is -2.36. The van der Waals surface area contributed by atoms with E-state index < -0.39 is 0 Å². The number of nitrogens with zero attached hydrogens (tertiary/aromatic N) is 5. The maximum atomic E-state index is 12.2. The zero-order valence-corrected chi connectivity index (χ0v) is 13.5. The van der Waals surface area contributed by atoms with E-state index >= 15 is 0 Å². The monoisotopic (exact) mass is 328 g/mol. The number of nitrogens with one attached hydrogen (secondary N) is 1. The Morgan fingerprint density at radius 3 is 3.17 bits per heavy atom. The highest BCUT2D eigenvalue weighted by Crippen LogP contribution is 2.19. The van der Waals surface area contributed by atoms with Crippen LogP contribution in [0.2, 0.25) is 0 Å². The van der Waals surface area contributed by atoms with Gasteiger partial charge in [0.05, 0.1) is 4.88 Å². The molecule has 1 amide bonds. The molecule has 8 heteroatoms. The Morgan fingerprint density at radius 1 is 1.43 bits per heavy atom. The van der Waals surface area contributed by atoms with Crippen LogP contribution >= 0.6 is 11.3 Å². The van der Waals surface area contributed by atoms with Gasteiger partial charge < -0.3 is 10.2 Å². The third-order valence-corrected chi connectivity index (χ3v) is 5.00. The molecular formula is C15H16N6OS. The van der Waals surface area contributed by atoms with E-state index in [1.165, 1.54) is 11.3 Å². The molecule has 4 heterocycles. The van der Waals surface area contributed by atoms with Gasteiger partial charge in [-0.25, -0.2) is 0 Å². The summed E-state index contributed by atoms with van der Waals surface area (Å²) in [5, 5.41) is 17.4. The predicted octanol–water partition coefficient (Wildman–Crippen LogP) is 1.50. The van der Waals surface area contributed by atoms with E-state index in [2.05, 4.69) is 25.5 Å². The second-order valence-electron chi connectivity index (χ2n) is 5.72. The molecule has 1 aliphatic rings. The van der Waals surface area contributed by atoms with Gasteiger partial charge in [-0.05, 0) is 42.5 Å². The minimum atomic E-state index is 0.0113. The Kier molecular flexibility index (Phi) is 3.45. The molecule has 1 fully saturated rings. The molecule has 4 rings (SSSR count). The van der Waals surface area contributed by atoms with Crippen LogP contribution in [0.1, 0.15) is 21.7 Å². The minimum absolute atomic E-state index is 0.0113. The van der Waals surface area contributed by atoms with Crippen LogP contribution < -0.4 is 10.2 Å². The summed E-state index contributed by atoms with van der Waals surface area (Å²) in [5.41, 5.74) is 1.85. The van der Waals surface area contributed by atoms with Crippen LogP contribution in [-0.2, 0) is 0 Å². The van der Waals surface area contributed by atoms with Crippen molar-refractivity contribution in [2.24, 2.45) is 0 Å². The molecular weight excluding hydrogens is 312 g/mol. The third-order valence-electron chi connectivity index (χ3n) is 3.95. The fraction of sp³-hybridized carbons (Fsp3) is 0.333. The second kappa shape index (κ2) is 5.62. The number of hydrogen-bond donors (Lipinski definition) is 1. The summed E-state index contributed by atoms with van der Waals surface area (Å²) in [5.74, 6) is 0.887. The Morgan fingerprint density at radius 2 is 2.35 bits per heavy atom. The van der Waals surface area contributed by atoms with Crippen molar-refractivity contribution >= 4 is 28.7 Å². The summed E-state index contributed by atoms with van der Waals surface area (Å²) >= 11 is 1.49. The Bertz CT molecular complexity index is 856. The summed E-state index contributed by atoms with van der Waals surface area (Å²) in [6.45, 7) is 3.63. The average molecular weight is 328 g/mol. The molecule has 23 heavy (non-hydrogen) atoms. The van der Waals surface area contributed by atoms with Crippen molar-refractivity contribution in [1.29, 1.82) is 0 Å². The summed E-state index contributed by atoms with van der Waals surface area (Å²) in [7, 11) is 0. The minimum Gasteiger partial charge on any atom is -0.353 e. The van der Waals surface area contributed by atoms with Crippen molar-refractivity contribution in [3.05, 3.63) is 40.3 Å². The topological polar surface area (TPSA) is 75.4 Å². The fourth-order valence-corrected chi connectivity index (χ4v) is 3.58. The Labute approximate surface area is 136 Å². The van der Waals surface area contributed by atoms with E-state index in [0.29, 0.717) is 0 Å². The van der Waals surface area contributed by atoms with Gasteiger partial charge in [-0.15, -0.1) is 26.6 Å². The molecule has 118 valence electrons. The van der Waals surface area contributed by atoms with Gasteiger partial charge in [-0.2, -0.15) is 4.52 Å². The molecule has 0 bridgehead atoms. The van der Waals surface area contributed by atoms with Gasteiger partial charge in [0.15, 0.2) is 5.65 Å². The zero-order chi connectivity index (χ0) is 15.8. The molecule has 3 aromatic rings. The number of amides is 1. The highest BCUT2D eigenvalue weighted by molar-refractivity contribution is 7.12. The zero-order valence-electron chi connectivity index (χ0n) is 12.6. The van der Waals surface area contributed by atoms with Crippen LogP contribution in [0.3, 0.4) is 0 Å². The van der Waals surface area contributed by atoms with Crippen molar-refractivity contribution in [1.82, 2.24) is 25.1 Å². The SMILES string of the molecule is Cc1csc(C(=O)N[C@H]2CCN(c3ccc4nncn4n3)C2)c1. The largest absolute Gasteiger partial charge is 0.353 e. The molecule has 1 atom stereocenters. The number of thiophene rings is 1. The lowest BCUT2D eigenvalue weighted by atomic mass is 10.2. The smallest absolute Gasteiger partial charge is 0.261 e. The molecule has 1 aliphatic heterocycles. The van der Waals surface area contributed by atoms with Gasteiger partial charge in [-0.1, -0.05) is 0 Å². The molecule has 0 spiro atoms. The van der Waals surface area contributed by atoms with Gasteiger partial charge in [0, 0.05) is 19.1 Å². The average Bonchev–Trinajstić information content (AvgIpc) is 3.26. The molecule has 7 nitrogen and oxygen atoms in total. The van der Waals surface area contributed by atoms with Crippen LogP contribution in [0.15, 0.2) is 29.9 Å². The highest BCUT2D eigenvalue weighted by Gasteiger charge is 2.25. The maximum absolute atomic E-state index is 12.2. The quantitative estimate of drug-likeness (QED) is 0.789. The molecule has 0 aromatic carbocycles. The molecule has 0 aliphatic carbocycles. The van der Waals surface area contributed by atoms with Crippen molar-refractivity contribution in [2.75, 3.05) is 18.0 Å². The summed E-state index contributed by atoms with van der Waals surface area (Å²) in [4.78, 5) is 15.2. The first kappa shape index (κ1) is 14.1. The van der Waals surface area contributed by atoms with E-state index in [1.807, 2.05) is 30.5 Å². The van der Waals surface area contributed by atoms with Gasteiger partial charge in [-0.3, -0.25) is 4.79 Å². The number of rotatable bonds is 3. The maximum Gasteiger partial charge on any atom is 0.261 e. The van der Waals surface area contributed by atoms with Crippen LogP contribution in [0, 0.1) is 6.92 Å². The first-order valence-electron chi connectivity index (χ1n) is 7.47. The lowest BCUT2D eigenvalue weighted by molar-refractivity contribution is 0.0944. The number of fused-ring (bicyclic) bond motifs is 1. The van der Waals surface area contributed by atoms with E-state index in [0.717, 1.165) is 41.4 Å². The van der Waals surface area contributed by atoms with Crippen LogP contribution in [0.4, 0.5) is 5.82 Å². The van der Waals surface area contributed by atoms with Gasteiger partial charge in [0.25, 0.3) is 5.91 Å². The number of hydrogen-bond acceptors (Lipinski definition) is 6. The van der Waals surface area contributed by atoms with Gasteiger partial charge in [0.1, 0.15) is 12.1 Å². The number of carbonyl (C=O) groups excluding carboxylic acids is 1. The molecule has 0 saturated carbocycles.